The molecule has 0 saturated carbocycles. The van der Waals surface area contributed by atoms with Crippen LogP contribution in [0.15, 0.2) is 47.5 Å². The lowest BCUT2D eigenvalue weighted by Gasteiger charge is -2.29. The molecule has 26 heavy (non-hydrogen) atoms. The third kappa shape index (κ3) is 3.98. The summed E-state index contributed by atoms with van der Waals surface area (Å²) < 4.78 is 32.9. The fraction of sp³-hybridized carbons (Fsp3) is 0.312. The zero-order valence-electron chi connectivity index (χ0n) is 13.9. The van der Waals surface area contributed by atoms with Crippen molar-refractivity contribution in [2.45, 2.75) is 11.4 Å². The molecule has 1 aromatic heterocycles. The van der Waals surface area contributed by atoms with Gasteiger partial charge in [-0.15, -0.1) is 0 Å². The number of rotatable bonds is 6. The number of nitrogens with one attached hydrogen (secondary N) is 1. The van der Waals surface area contributed by atoms with E-state index >= 15 is 0 Å². The van der Waals surface area contributed by atoms with E-state index in [0.29, 0.717) is 37.7 Å². The summed E-state index contributed by atoms with van der Waals surface area (Å²) in [4.78, 5) is 16.4. The highest BCUT2D eigenvalue weighted by Gasteiger charge is 2.25. The number of sulfonamides is 1. The number of nitrogens with zero attached hydrogens (tertiary/aromatic N) is 3. The maximum atomic E-state index is 12.5. The Labute approximate surface area is 150 Å². The number of morpholine rings is 1. The average Bonchev–Trinajstić information content (AvgIpc) is 2.67. The van der Waals surface area contributed by atoms with Crippen molar-refractivity contribution in [2.75, 3.05) is 31.2 Å². The summed E-state index contributed by atoms with van der Waals surface area (Å²) in [6.45, 7) is 2.48. The van der Waals surface area contributed by atoms with Gasteiger partial charge in [0.15, 0.2) is 4.90 Å². The number of benzene rings is 1. The number of anilines is 1. The Kier molecular flexibility index (Phi) is 5.45. The van der Waals surface area contributed by atoms with Crippen LogP contribution < -0.4 is 9.62 Å². The highest BCUT2D eigenvalue weighted by atomic mass is 32.2. The third-order valence-electron chi connectivity index (χ3n) is 3.98. The molecule has 1 N–H and O–H groups in total. The highest BCUT2D eigenvalue weighted by Crippen LogP contribution is 2.24. The van der Waals surface area contributed by atoms with Crippen LogP contribution in [0.3, 0.4) is 0 Å². The van der Waals surface area contributed by atoms with E-state index in [1.807, 2.05) is 4.90 Å². The van der Waals surface area contributed by atoms with Gasteiger partial charge in [-0.25, -0.2) is 18.1 Å². The van der Waals surface area contributed by atoms with E-state index in [2.05, 4.69) is 9.71 Å². The molecule has 0 atom stereocenters. The van der Waals surface area contributed by atoms with E-state index in [9.17, 15) is 18.5 Å². The van der Waals surface area contributed by atoms with Gasteiger partial charge >= 0.3 is 0 Å². The summed E-state index contributed by atoms with van der Waals surface area (Å²) in [5.74, 6) is 0.682. The standard InChI is InChI=1S/C16H18N4O5S/c21-20(22)14-5-1-2-6-15(14)26(23,24)18-12-13-4-3-7-17-16(13)19-8-10-25-11-9-19/h1-7,18H,8-12H2. The number of aromatic nitrogens is 1. The smallest absolute Gasteiger partial charge is 0.289 e. The molecule has 0 radical (unpaired) electrons. The first-order chi connectivity index (χ1) is 12.5. The number of ether oxygens (including phenoxy) is 1. The first kappa shape index (κ1) is 18.2. The van der Waals surface area contributed by atoms with Gasteiger partial charge in [0.25, 0.3) is 5.69 Å². The van der Waals surface area contributed by atoms with Gasteiger partial charge in [0.05, 0.1) is 18.1 Å². The second-order valence-corrected chi connectivity index (χ2v) is 7.37. The maximum absolute atomic E-state index is 12.5. The van der Waals surface area contributed by atoms with Crippen molar-refractivity contribution in [3.63, 3.8) is 0 Å². The molecule has 0 amide bonds. The van der Waals surface area contributed by atoms with Crippen LogP contribution >= 0.6 is 0 Å². The zero-order chi connectivity index (χ0) is 18.6. The SMILES string of the molecule is O=[N+]([O-])c1ccccc1S(=O)(=O)NCc1cccnc1N1CCOCC1. The Morgan fingerprint density at radius 2 is 1.92 bits per heavy atom. The van der Waals surface area contributed by atoms with E-state index in [-0.39, 0.29) is 11.4 Å². The Morgan fingerprint density at radius 1 is 1.19 bits per heavy atom. The van der Waals surface area contributed by atoms with Crippen LogP contribution in [0.2, 0.25) is 0 Å². The molecule has 1 fully saturated rings. The van der Waals surface area contributed by atoms with Crippen molar-refractivity contribution in [1.29, 1.82) is 0 Å². The van der Waals surface area contributed by atoms with E-state index in [1.54, 1.807) is 18.3 Å². The molecule has 0 spiro atoms. The second kappa shape index (κ2) is 7.77. The molecule has 2 aromatic rings. The van der Waals surface area contributed by atoms with Crippen LogP contribution in [0.4, 0.5) is 11.5 Å². The highest BCUT2D eigenvalue weighted by molar-refractivity contribution is 7.89. The van der Waals surface area contributed by atoms with Gasteiger partial charge in [-0.1, -0.05) is 18.2 Å². The van der Waals surface area contributed by atoms with Gasteiger partial charge in [-0.05, 0) is 12.1 Å². The van der Waals surface area contributed by atoms with Crippen LogP contribution in [0.5, 0.6) is 0 Å². The third-order valence-corrected chi connectivity index (χ3v) is 5.43. The topological polar surface area (TPSA) is 115 Å². The number of hydrogen-bond donors (Lipinski definition) is 1. The molecule has 10 heteroatoms. The van der Waals surface area contributed by atoms with Crippen molar-refractivity contribution in [3.8, 4) is 0 Å². The number of hydrogen-bond acceptors (Lipinski definition) is 7. The lowest BCUT2D eigenvalue weighted by molar-refractivity contribution is -0.387. The molecule has 1 saturated heterocycles. The monoisotopic (exact) mass is 378 g/mol. The minimum atomic E-state index is -4.04. The fourth-order valence-electron chi connectivity index (χ4n) is 2.71. The molecule has 3 rings (SSSR count). The van der Waals surface area contributed by atoms with Crippen molar-refractivity contribution >= 4 is 21.5 Å². The first-order valence-corrected chi connectivity index (χ1v) is 9.47. The molecule has 1 aromatic carbocycles. The van der Waals surface area contributed by atoms with Gasteiger partial charge in [-0.2, -0.15) is 0 Å². The summed E-state index contributed by atoms with van der Waals surface area (Å²) in [5, 5.41) is 11.1. The van der Waals surface area contributed by atoms with Crippen molar-refractivity contribution < 1.29 is 18.1 Å². The van der Waals surface area contributed by atoms with Crippen LogP contribution in [0.1, 0.15) is 5.56 Å². The van der Waals surface area contributed by atoms with Crippen LogP contribution in [0, 0.1) is 10.1 Å². The number of nitro benzene ring substituents is 1. The number of pyridine rings is 1. The molecule has 2 heterocycles. The van der Waals surface area contributed by atoms with Crippen LogP contribution in [-0.4, -0.2) is 44.6 Å². The summed E-state index contributed by atoms with van der Waals surface area (Å²) >= 11 is 0. The molecule has 138 valence electrons. The van der Waals surface area contributed by atoms with Gasteiger partial charge in [0.2, 0.25) is 10.0 Å². The predicted molar refractivity (Wildman–Crippen MR) is 94.4 cm³/mol. The zero-order valence-corrected chi connectivity index (χ0v) is 14.7. The second-order valence-electron chi connectivity index (χ2n) is 5.63. The Hall–Kier alpha value is -2.56. The minimum absolute atomic E-state index is 0.0189. The summed E-state index contributed by atoms with van der Waals surface area (Å²) in [7, 11) is -4.04. The molecule has 1 aliphatic heterocycles. The number of para-hydroxylation sites is 1. The largest absolute Gasteiger partial charge is 0.378 e. The first-order valence-electron chi connectivity index (χ1n) is 7.99. The van der Waals surface area contributed by atoms with E-state index < -0.39 is 20.6 Å². The minimum Gasteiger partial charge on any atom is -0.378 e. The van der Waals surface area contributed by atoms with E-state index in [1.165, 1.54) is 18.2 Å². The summed E-state index contributed by atoms with van der Waals surface area (Å²) in [6.07, 6.45) is 1.64. The van der Waals surface area contributed by atoms with Crippen molar-refractivity contribution in [1.82, 2.24) is 9.71 Å². The quantitative estimate of drug-likeness (QED) is 0.595. The Bertz CT molecular complexity index is 897. The fourth-order valence-corrected chi connectivity index (χ4v) is 3.89. The number of nitro groups is 1. The van der Waals surface area contributed by atoms with E-state index in [0.717, 1.165) is 6.07 Å². The van der Waals surface area contributed by atoms with Crippen molar-refractivity contribution in [2.24, 2.45) is 0 Å². The Balaban J connectivity index is 1.82. The molecular weight excluding hydrogens is 360 g/mol. The van der Waals surface area contributed by atoms with Gasteiger partial charge in [0, 0.05) is 37.5 Å². The predicted octanol–water partition coefficient (Wildman–Crippen LogP) is 1.30. The van der Waals surface area contributed by atoms with Crippen molar-refractivity contribution in [3.05, 3.63) is 58.3 Å². The maximum Gasteiger partial charge on any atom is 0.289 e. The molecule has 0 aliphatic carbocycles. The Morgan fingerprint density at radius 3 is 2.65 bits per heavy atom. The molecule has 1 aliphatic rings. The molecule has 9 nitrogen and oxygen atoms in total. The van der Waals surface area contributed by atoms with Crippen LogP contribution in [-0.2, 0) is 21.3 Å². The van der Waals surface area contributed by atoms with Gasteiger partial charge < -0.3 is 9.64 Å². The lowest BCUT2D eigenvalue weighted by atomic mass is 10.2. The van der Waals surface area contributed by atoms with Gasteiger partial charge in [-0.3, -0.25) is 10.1 Å². The normalized spacial score (nSPS) is 15.0. The average molecular weight is 378 g/mol. The molecular formula is C16H18N4O5S. The van der Waals surface area contributed by atoms with E-state index in [4.69, 9.17) is 4.74 Å². The summed E-state index contributed by atoms with van der Waals surface area (Å²) in [6, 6.07) is 8.75. The van der Waals surface area contributed by atoms with Crippen LogP contribution in [0.25, 0.3) is 0 Å². The van der Waals surface area contributed by atoms with Gasteiger partial charge in [0.1, 0.15) is 5.82 Å². The molecule has 0 unspecified atom stereocenters. The lowest BCUT2D eigenvalue weighted by Crippen LogP contribution is -2.37. The molecule has 0 bridgehead atoms. The summed E-state index contributed by atoms with van der Waals surface area (Å²) in [5.41, 5.74) is 0.233.